The quantitative estimate of drug-likeness (QED) is 0.318. The van der Waals surface area contributed by atoms with E-state index >= 15 is 0 Å². The van der Waals surface area contributed by atoms with Crippen LogP contribution in [0.25, 0.3) is 0 Å². The van der Waals surface area contributed by atoms with Crippen molar-refractivity contribution >= 4 is 6.47 Å². The van der Waals surface area contributed by atoms with Gasteiger partial charge in [-0.25, -0.2) is 4.79 Å². The van der Waals surface area contributed by atoms with E-state index in [0.717, 1.165) is 6.42 Å². The van der Waals surface area contributed by atoms with Crippen LogP contribution in [0, 0.1) is 5.92 Å². The van der Waals surface area contributed by atoms with E-state index in [9.17, 15) is 4.79 Å². The SMILES string of the molecule is CC(C)CCOO[C]=O. The molecule has 0 bridgehead atoms. The Morgan fingerprint density at radius 1 is 1.56 bits per heavy atom. The highest BCUT2D eigenvalue weighted by Gasteiger charge is 1.93. The zero-order valence-corrected chi connectivity index (χ0v) is 5.72. The van der Waals surface area contributed by atoms with E-state index in [2.05, 4.69) is 23.6 Å². The molecule has 0 unspecified atom stereocenters. The molecule has 0 aliphatic carbocycles. The maximum atomic E-state index is 9.38. The Balaban J connectivity index is 2.82. The lowest BCUT2D eigenvalue weighted by molar-refractivity contribution is -0.224. The van der Waals surface area contributed by atoms with Crippen molar-refractivity contribution in [3.8, 4) is 0 Å². The average molecular weight is 131 g/mol. The van der Waals surface area contributed by atoms with Gasteiger partial charge in [0.15, 0.2) is 0 Å². The molecule has 0 aromatic carbocycles. The van der Waals surface area contributed by atoms with E-state index in [1.165, 1.54) is 6.47 Å². The van der Waals surface area contributed by atoms with Gasteiger partial charge in [0.1, 0.15) is 0 Å². The van der Waals surface area contributed by atoms with Crippen LogP contribution < -0.4 is 0 Å². The third kappa shape index (κ3) is 7.43. The van der Waals surface area contributed by atoms with Crippen LogP contribution in [0.3, 0.4) is 0 Å². The second kappa shape index (κ2) is 5.56. The second-order valence-corrected chi connectivity index (χ2v) is 2.17. The Morgan fingerprint density at radius 2 is 2.22 bits per heavy atom. The maximum absolute atomic E-state index is 9.38. The fraction of sp³-hybridized carbons (Fsp3) is 0.833. The molecule has 0 saturated heterocycles. The van der Waals surface area contributed by atoms with Crippen LogP contribution in [0.15, 0.2) is 0 Å². The van der Waals surface area contributed by atoms with Crippen LogP contribution in [-0.2, 0) is 14.6 Å². The minimum atomic E-state index is 0.451. The van der Waals surface area contributed by atoms with Gasteiger partial charge in [-0.05, 0) is 12.3 Å². The number of hydrogen-bond acceptors (Lipinski definition) is 3. The Labute approximate surface area is 54.9 Å². The Morgan fingerprint density at radius 3 is 2.67 bits per heavy atom. The van der Waals surface area contributed by atoms with Gasteiger partial charge in [-0.1, -0.05) is 13.8 Å². The van der Waals surface area contributed by atoms with Crippen LogP contribution in [0.1, 0.15) is 20.3 Å². The topological polar surface area (TPSA) is 35.5 Å². The predicted molar refractivity (Wildman–Crippen MR) is 32.2 cm³/mol. The lowest BCUT2D eigenvalue weighted by Crippen LogP contribution is -1.98. The van der Waals surface area contributed by atoms with Crippen molar-refractivity contribution in [2.75, 3.05) is 6.61 Å². The molecule has 0 rings (SSSR count). The number of hydrogen-bond donors (Lipinski definition) is 0. The molecular formula is C6H11O3. The smallest absolute Gasteiger partial charge is 0.285 e. The van der Waals surface area contributed by atoms with Gasteiger partial charge in [0.25, 0.3) is 0 Å². The summed E-state index contributed by atoms with van der Waals surface area (Å²) in [6.07, 6.45) is 0.891. The Kier molecular flexibility index (Phi) is 5.21. The van der Waals surface area contributed by atoms with E-state index in [1.807, 2.05) is 0 Å². The van der Waals surface area contributed by atoms with Crippen molar-refractivity contribution in [2.24, 2.45) is 5.92 Å². The zero-order valence-electron chi connectivity index (χ0n) is 5.72. The first-order valence-corrected chi connectivity index (χ1v) is 2.93. The fourth-order valence-corrected chi connectivity index (χ4v) is 0.350. The van der Waals surface area contributed by atoms with Gasteiger partial charge in [-0.2, -0.15) is 4.89 Å². The molecule has 0 spiro atoms. The molecule has 3 heteroatoms. The van der Waals surface area contributed by atoms with Gasteiger partial charge in [-0.3, -0.25) is 4.89 Å². The van der Waals surface area contributed by atoms with Crippen LogP contribution in [0.5, 0.6) is 0 Å². The molecular weight excluding hydrogens is 120 g/mol. The second-order valence-electron chi connectivity index (χ2n) is 2.17. The molecule has 0 aromatic rings. The zero-order chi connectivity index (χ0) is 7.11. The minimum absolute atomic E-state index is 0.451. The molecule has 3 nitrogen and oxygen atoms in total. The molecule has 0 aromatic heterocycles. The molecule has 0 atom stereocenters. The predicted octanol–water partition coefficient (Wildman–Crippen LogP) is 1.05. The summed E-state index contributed by atoms with van der Waals surface area (Å²) < 4.78 is 0. The van der Waals surface area contributed by atoms with Gasteiger partial charge in [0.2, 0.25) is 0 Å². The first kappa shape index (κ1) is 8.43. The maximum Gasteiger partial charge on any atom is 0.453 e. The molecule has 0 N–H and O–H groups in total. The first-order chi connectivity index (χ1) is 4.27. The summed E-state index contributed by atoms with van der Waals surface area (Å²) in [4.78, 5) is 17.6. The normalized spacial score (nSPS) is 9.67. The van der Waals surface area contributed by atoms with Gasteiger partial charge in [-0.15, -0.1) is 0 Å². The van der Waals surface area contributed by atoms with Crippen molar-refractivity contribution in [3.63, 3.8) is 0 Å². The summed E-state index contributed by atoms with van der Waals surface area (Å²) in [5, 5.41) is 0. The van der Waals surface area contributed by atoms with Crippen LogP contribution in [-0.4, -0.2) is 13.1 Å². The van der Waals surface area contributed by atoms with Crippen molar-refractivity contribution in [3.05, 3.63) is 0 Å². The molecule has 0 fully saturated rings. The number of carbonyl (C=O) groups excluding carboxylic acids is 1. The van der Waals surface area contributed by atoms with Crippen LogP contribution in [0.4, 0.5) is 0 Å². The van der Waals surface area contributed by atoms with Crippen molar-refractivity contribution in [1.82, 2.24) is 0 Å². The summed E-state index contributed by atoms with van der Waals surface area (Å²) in [5.41, 5.74) is 0. The summed E-state index contributed by atoms with van der Waals surface area (Å²) in [7, 11) is 0. The Bertz CT molecular complexity index is 70.7. The molecule has 1 radical (unpaired) electrons. The minimum Gasteiger partial charge on any atom is -0.285 e. The monoisotopic (exact) mass is 131 g/mol. The Hall–Kier alpha value is -0.570. The summed E-state index contributed by atoms with van der Waals surface area (Å²) in [6.45, 7) is 5.75. The highest BCUT2D eigenvalue weighted by molar-refractivity contribution is 5.36. The highest BCUT2D eigenvalue weighted by atomic mass is 17.2. The molecule has 0 heterocycles. The third-order valence-corrected chi connectivity index (χ3v) is 0.871. The molecule has 9 heavy (non-hydrogen) atoms. The van der Waals surface area contributed by atoms with E-state index < -0.39 is 0 Å². The lowest BCUT2D eigenvalue weighted by atomic mass is 10.1. The molecule has 0 aliphatic rings. The van der Waals surface area contributed by atoms with E-state index in [0.29, 0.717) is 12.5 Å². The largest absolute Gasteiger partial charge is 0.453 e. The van der Waals surface area contributed by atoms with Crippen molar-refractivity contribution < 1.29 is 14.6 Å². The summed E-state index contributed by atoms with van der Waals surface area (Å²) in [6, 6.07) is 0. The van der Waals surface area contributed by atoms with Crippen molar-refractivity contribution in [2.45, 2.75) is 20.3 Å². The van der Waals surface area contributed by atoms with E-state index in [4.69, 9.17) is 0 Å². The first-order valence-electron chi connectivity index (χ1n) is 2.93. The van der Waals surface area contributed by atoms with E-state index in [-0.39, 0.29) is 0 Å². The molecule has 0 amide bonds. The van der Waals surface area contributed by atoms with Crippen molar-refractivity contribution in [1.29, 1.82) is 0 Å². The lowest BCUT2D eigenvalue weighted by Gasteiger charge is -2.00. The number of rotatable bonds is 5. The standard InChI is InChI=1S/C6H11O3/c1-6(2)3-4-8-9-5-7/h6H,3-4H2,1-2H3. The summed E-state index contributed by atoms with van der Waals surface area (Å²) >= 11 is 0. The van der Waals surface area contributed by atoms with E-state index in [1.54, 1.807) is 0 Å². The van der Waals surface area contributed by atoms with Crippen LogP contribution >= 0.6 is 0 Å². The van der Waals surface area contributed by atoms with Gasteiger partial charge in [0.05, 0.1) is 6.61 Å². The van der Waals surface area contributed by atoms with Gasteiger partial charge < -0.3 is 0 Å². The highest BCUT2D eigenvalue weighted by Crippen LogP contribution is 1.98. The fourth-order valence-electron chi connectivity index (χ4n) is 0.350. The molecule has 53 valence electrons. The van der Waals surface area contributed by atoms with Gasteiger partial charge >= 0.3 is 6.47 Å². The van der Waals surface area contributed by atoms with Crippen LogP contribution in [0.2, 0.25) is 0 Å². The van der Waals surface area contributed by atoms with Gasteiger partial charge in [0, 0.05) is 0 Å². The molecule has 0 aliphatic heterocycles. The average Bonchev–Trinajstić information content (AvgIpc) is 1.80. The third-order valence-electron chi connectivity index (χ3n) is 0.871. The molecule has 0 saturated carbocycles. The summed E-state index contributed by atoms with van der Waals surface area (Å²) in [5.74, 6) is 0.570.